The highest BCUT2D eigenvalue weighted by atomic mass is 16.6. The molecule has 2 aromatic rings. The van der Waals surface area contributed by atoms with Crippen LogP contribution in [0.1, 0.15) is 30.4 Å². The van der Waals surface area contributed by atoms with Crippen molar-refractivity contribution in [2.45, 2.75) is 44.1 Å². The van der Waals surface area contributed by atoms with E-state index in [0.29, 0.717) is 13.2 Å². The maximum Gasteiger partial charge on any atom is 0.0841 e. The fourth-order valence-electron chi connectivity index (χ4n) is 4.05. The lowest BCUT2D eigenvalue weighted by molar-refractivity contribution is -0.0548. The van der Waals surface area contributed by atoms with Crippen LogP contribution in [-0.4, -0.2) is 41.3 Å². The highest BCUT2D eigenvalue weighted by Gasteiger charge is 2.43. The van der Waals surface area contributed by atoms with Crippen LogP contribution in [0.4, 0.5) is 0 Å². The number of rotatable bonds is 5. The molecular formula is C21H26N2O2. The van der Waals surface area contributed by atoms with Crippen molar-refractivity contribution in [2.24, 2.45) is 0 Å². The summed E-state index contributed by atoms with van der Waals surface area (Å²) in [6.45, 7) is 4.53. The first-order chi connectivity index (χ1) is 12.3. The van der Waals surface area contributed by atoms with Crippen molar-refractivity contribution in [1.29, 1.82) is 0 Å². The van der Waals surface area contributed by atoms with Gasteiger partial charge in [0.15, 0.2) is 0 Å². The monoisotopic (exact) mass is 338 g/mol. The molecule has 4 nitrogen and oxygen atoms in total. The number of piperidine rings is 1. The molecule has 0 aliphatic carbocycles. The van der Waals surface area contributed by atoms with Crippen LogP contribution < -0.4 is 0 Å². The number of hydrogen-bond donors (Lipinski definition) is 0. The Hall–Kier alpha value is -1.75. The molecule has 0 unspecified atom stereocenters. The molecule has 2 aliphatic heterocycles. The first-order valence-corrected chi connectivity index (χ1v) is 9.22. The topological polar surface area (TPSA) is 34.6 Å². The highest BCUT2D eigenvalue weighted by molar-refractivity contribution is 5.15. The third-order valence-electron chi connectivity index (χ3n) is 5.28. The Morgan fingerprint density at radius 2 is 1.96 bits per heavy atom. The Bertz CT molecular complexity index is 664. The minimum absolute atomic E-state index is 0.0179. The van der Waals surface area contributed by atoms with Gasteiger partial charge < -0.3 is 9.47 Å². The fourth-order valence-corrected chi connectivity index (χ4v) is 4.05. The first kappa shape index (κ1) is 16.7. The van der Waals surface area contributed by atoms with E-state index in [9.17, 15) is 0 Å². The Morgan fingerprint density at radius 3 is 2.80 bits per heavy atom. The van der Waals surface area contributed by atoms with Crippen LogP contribution in [0.3, 0.4) is 0 Å². The molecule has 2 saturated heterocycles. The number of benzene rings is 1. The second-order valence-corrected chi connectivity index (χ2v) is 7.29. The average Bonchev–Trinajstić information content (AvgIpc) is 3.04. The summed E-state index contributed by atoms with van der Waals surface area (Å²) in [5.41, 5.74) is 2.53. The van der Waals surface area contributed by atoms with E-state index < -0.39 is 0 Å². The van der Waals surface area contributed by atoms with Gasteiger partial charge in [-0.05, 0) is 42.6 Å². The van der Waals surface area contributed by atoms with Crippen molar-refractivity contribution in [3.8, 4) is 0 Å². The summed E-state index contributed by atoms with van der Waals surface area (Å²) in [5.74, 6) is 0. The summed E-state index contributed by atoms with van der Waals surface area (Å²) in [6.07, 6.45) is 7.17. The molecule has 3 heterocycles. The normalized spacial score (nSPS) is 27.0. The van der Waals surface area contributed by atoms with E-state index in [0.717, 1.165) is 32.5 Å². The van der Waals surface area contributed by atoms with E-state index in [1.807, 2.05) is 24.5 Å². The Morgan fingerprint density at radius 1 is 1.12 bits per heavy atom. The van der Waals surface area contributed by atoms with Crippen LogP contribution in [0, 0.1) is 0 Å². The largest absolute Gasteiger partial charge is 0.371 e. The van der Waals surface area contributed by atoms with Gasteiger partial charge in [-0.3, -0.25) is 9.88 Å². The molecule has 25 heavy (non-hydrogen) atoms. The molecule has 2 fully saturated rings. The number of ether oxygens (including phenoxy) is 2. The van der Waals surface area contributed by atoms with Gasteiger partial charge in [-0.15, -0.1) is 0 Å². The summed E-state index contributed by atoms with van der Waals surface area (Å²) >= 11 is 0. The number of likely N-dealkylation sites (tertiary alicyclic amines) is 1. The molecule has 0 bridgehead atoms. The zero-order valence-electron chi connectivity index (χ0n) is 14.6. The van der Waals surface area contributed by atoms with Gasteiger partial charge in [0, 0.05) is 31.9 Å². The van der Waals surface area contributed by atoms with Crippen molar-refractivity contribution in [3.63, 3.8) is 0 Å². The van der Waals surface area contributed by atoms with Gasteiger partial charge in [-0.1, -0.05) is 30.3 Å². The summed E-state index contributed by atoms with van der Waals surface area (Å²) in [7, 11) is 0. The molecule has 0 N–H and O–H groups in total. The van der Waals surface area contributed by atoms with E-state index in [1.54, 1.807) is 0 Å². The summed E-state index contributed by atoms with van der Waals surface area (Å²) in [4.78, 5) is 6.58. The summed E-state index contributed by atoms with van der Waals surface area (Å²) in [6, 6.07) is 14.7. The van der Waals surface area contributed by atoms with Crippen molar-refractivity contribution in [1.82, 2.24) is 9.88 Å². The second-order valence-electron chi connectivity index (χ2n) is 7.29. The quantitative estimate of drug-likeness (QED) is 0.837. The van der Waals surface area contributed by atoms with Crippen molar-refractivity contribution in [3.05, 3.63) is 66.0 Å². The van der Waals surface area contributed by atoms with Crippen molar-refractivity contribution in [2.75, 3.05) is 19.7 Å². The zero-order chi connectivity index (χ0) is 17.0. The molecule has 0 saturated carbocycles. The Labute approximate surface area is 149 Å². The van der Waals surface area contributed by atoms with E-state index in [4.69, 9.17) is 9.47 Å². The molecule has 0 amide bonds. The minimum atomic E-state index is -0.0179. The van der Waals surface area contributed by atoms with Crippen LogP contribution in [0.5, 0.6) is 0 Å². The third kappa shape index (κ3) is 4.27. The predicted molar refractivity (Wildman–Crippen MR) is 97.1 cm³/mol. The van der Waals surface area contributed by atoms with Gasteiger partial charge in [0.1, 0.15) is 0 Å². The lowest BCUT2D eigenvalue weighted by Crippen LogP contribution is -2.47. The lowest BCUT2D eigenvalue weighted by atomic mass is 9.89. The van der Waals surface area contributed by atoms with Crippen LogP contribution in [-0.2, 0) is 22.6 Å². The molecule has 1 aromatic carbocycles. The second kappa shape index (κ2) is 7.65. The van der Waals surface area contributed by atoms with E-state index in [1.165, 1.54) is 17.5 Å². The van der Waals surface area contributed by atoms with Crippen molar-refractivity contribution >= 4 is 0 Å². The molecular weight excluding hydrogens is 312 g/mol. The standard InChI is InChI=1S/C21H26N2O2/c1-2-5-18(6-3-1)14-23-12-4-9-21(17-23)13-20(16-25-21)24-15-19-7-10-22-11-8-19/h1-3,5-8,10-11,20H,4,9,12-17H2/t20-,21-/m0/s1. The van der Waals surface area contributed by atoms with Gasteiger partial charge in [0.25, 0.3) is 0 Å². The van der Waals surface area contributed by atoms with E-state index in [-0.39, 0.29) is 11.7 Å². The Balaban J connectivity index is 1.31. The molecule has 2 atom stereocenters. The maximum atomic E-state index is 6.27. The number of nitrogens with zero attached hydrogens (tertiary/aromatic N) is 2. The Kier molecular flexibility index (Phi) is 5.11. The van der Waals surface area contributed by atoms with Gasteiger partial charge in [-0.25, -0.2) is 0 Å². The smallest absolute Gasteiger partial charge is 0.0841 e. The SMILES string of the molecule is c1ccc(CN2CCC[C@]3(C[C@H](OCc4ccncc4)CO3)C2)cc1. The molecule has 4 rings (SSSR count). The first-order valence-electron chi connectivity index (χ1n) is 9.22. The highest BCUT2D eigenvalue weighted by Crippen LogP contribution is 2.36. The molecule has 2 aliphatic rings. The molecule has 1 aromatic heterocycles. The summed E-state index contributed by atoms with van der Waals surface area (Å²) < 4.78 is 12.4. The van der Waals surface area contributed by atoms with Gasteiger partial charge in [0.2, 0.25) is 0 Å². The molecule has 0 radical (unpaired) electrons. The van der Waals surface area contributed by atoms with Crippen LogP contribution in [0.25, 0.3) is 0 Å². The van der Waals surface area contributed by atoms with Crippen LogP contribution in [0.15, 0.2) is 54.9 Å². The average molecular weight is 338 g/mol. The minimum Gasteiger partial charge on any atom is -0.371 e. The number of pyridine rings is 1. The van der Waals surface area contributed by atoms with E-state index >= 15 is 0 Å². The van der Waals surface area contributed by atoms with E-state index in [2.05, 4.69) is 40.2 Å². The summed E-state index contributed by atoms with van der Waals surface area (Å²) in [5, 5.41) is 0. The molecule has 1 spiro atoms. The number of hydrogen-bond acceptors (Lipinski definition) is 4. The van der Waals surface area contributed by atoms with Crippen LogP contribution >= 0.6 is 0 Å². The third-order valence-corrected chi connectivity index (χ3v) is 5.28. The lowest BCUT2D eigenvalue weighted by Gasteiger charge is -2.39. The predicted octanol–water partition coefficient (Wildman–Crippen LogP) is 3.42. The van der Waals surface area contributed by atoms with Gasteiger partial charge in [-0.2, -0.15) is 0 Å². The molecule has 132 valence electrons. The fraction of sp³-hybridized carbons (Fsp3) is 0.476. The molecule has 4 heteroatoms. The van der Waals surface area contributed by atoms with Gasteiger partial charge >= 0.3 is 0 Å². The number of aromatic nitrogens is 1. The van der Waals surface area contributed by atoms with Crippen LogP contribution in [0.2, 0.25) is 0 Å². The zero-order valence-corrected chi connectivity index (χ0v) is 14.6. The maximum absolute atomic E-state index is 6.27. The van der Waals surface area contributed by atoms with Crippen molar-refractivity contribution < 1.29 is 9.47 Å². The van der Waals surface area contributed by atoms with Gasteiger partial charge in [0.05, 0.1) is 24.9 Å².